The molecule has 1 aliphatic heterocycles. The van der Waals surface area contributed by atoms with Crippen LogP contribution in [0, 0.1) is 5.92 Å². The molecule has 23 heavy (non-hydrogen) atoms. The van der Waals surface area contributed by atoms with Crippen LogP contribution in [0.15, 0.2) is 24.3 Å². The van der Waals surface area contributed by atoms with Crippen LogP contribution >= 0.6 is 11.6 Å². The van der Waals surface area contributed by atoms with Gasteiger partial charge < -0.3 is 15.1 Å². The Kier molecular flexibility index (Phi) is 4.68. The Bertz CT molecular complexity index is 735. The molecule has 1 saturated heterocycles. The van der Waals surface area contributed by atoms with Crippen LogP contribution in [0.5, 0.6) is 0 Å². The number of hydrogen-bond donors (Lipinski definition) is 2. The van der Waals surface area contributed by atoms with Crippen LogP contribution in [0.4, 0.5) is 5.82 Å². The molecule has 2 heterocycles. The minimum absolute atomic E-state index is 0.102. The normalized spacial score (nSPS) is 17.8. The molecule has 2 N–H and O–H groups in total. The van der Waals surface area contributed by atoms with Gasteiger partial charge in [-0.2, -0.15) is 0 Å². The third kappa shape index (κ3) is 3.26. The number of rotatable bonds is 5. The van der Waals surface area contributed by atoms with Gasteiger partial charge in [-0.3, -0.25) is 0 Å². The zero-order chi connectivity index (χ0) is 16.4. The second-order valence-corrected chi connectivity index (χ2v) is 6.34. The number of carboxylic acids is 1. The van der Waals surface area contributed by atoms with E-state index in [0.29, 0.717) is 16.8 Å². The SMILES string of the molecule is O=C(O)c1c(Cl)ccc2nc(N3CC[C@H](CCCO)C3)ccc12. The van der Waals surface area contributed by atoms with Crippen molar-refractivity contribution in [1.82, 2.24) is 4.98 Å². The summed E-state index contributed by atoms with van der Waals surface area (Å²) in [5.74, 6) is 0.405. The first-order valence-electron chi connectivity index (χ1n) is 7.78. The fraction of sp³-hybridized carbons (Fsp3) is 0.412. The number of halogens is 1. The minimum Gasteiger partial charge on any atom is -0.478 e. The quantitative estimate of drug-likeness (QED) is 0.878. The van der Waals surface area contributed by atoms with E-state index < -0.39 is 5.97 Å². The number of aromatic nitrogens is 1. The molecule has 5 nitrogen and oxygen atoms in total. The van der Waals surface area contributed by atoms with Crippen LogP contribution in [0.2, 0.25) is 5.02 Å². The summed E-state index contributed by atoms with van der Waals surface area (Å²) in [6, 6.07) is 6.98. The molecule has 122 valence electrons. The zero-order valence-electron chi connectivity index (χ0n) is 12.7. The molecule has 6 heteroatoms. The van der Waals surface area contributed by atoms with E-state index in [9.17, 15) is 9.90 Å². The third-order valence-electron chi connectivity index (χ3n) is 4.40. The number of aliphatic hydroxyl groups excluding tert-OH is 1. The molecule has 3 rings (SSSR count). The average molecular weight is 335 g/mol. The Balaban J connectivity index is 1.87. The fourth-order valence-corrected chi connectivity index (χ4v) is 3.46. The Morgan fingerprint density at radius 1 is 1.35 bits per heavy atom. The molecule has 0 spiro atoms. The van der Waals surface area contributed by atoms with Crippen LogP contribution < -0.4 is 4.90 Å². The number of benzene rings is 1. The van der Waals surface area contributed by atoms with Gasteiger partial charge in [0.2, 0.25) is 0 Å². The Hall–Kier alpha value is -1.85. The van der Waals surface area contributed by atoms with E-state index >= 15 is 0 Å². The smallest absolute Gasteiger partial charge is 0.337 e. The van der Waals surface area contributed by atoms with Crippen molar-refractivity contribution in [2.45, 2.75) is 19.3 Å². The summed E-state index contributed by atoms with van der Waals surface area (Å²) in [4.78, 5) is 18.2. The van der Waals surface area contributed by atoms with E-state index in [-0.39, 0.29) is 17.2 Å². The summed E-state index contributed by atoms with van der Waals surface area (Å²) in [7, 11) is 0. The molecular formula is C17H19ClN2O3. The largest absolute Gasteiger partial charge is 0.478 e. The lowest BCUT2D eigenvalue weighted by Gasteiger charge is -2.18. The van der Waals surface area contributed by atoms with Gasteiger partial charge in [0.05, 0.1) is 16.1 Å². The van der Waals surface area contributed by atoms with Gasteiger partial charge in [-0.1, -0.05) is 11.6 Å². The number of fused-ring (bicyclic) bond motifs is 1. The molecule has 1 aliphatic rings. The Morgan fingerprint density at radius 2 is 2.17 bits per heavy atom. The molecule has 1 aromatic carbocycles. The van der Waals surface area contributed by atoms with Crippen molar-refractivity contribution in [1.29, 1.82) is 0 Å². The van der Waals surface area contributed by atoms with Gasteiger partial charge in [0.15, 0.2) is 0 Å². The lowest BCUT2D eigenvalue weighted by Crippen LogP contribution is -2.20. The van der Waals surface area contributed by atoms with E-state index in [4.69, 9.17) is 16.7 Å². The van der Waals surface area contributed by atoms with Gasteiger partial charge >= 0.3 is 5.97 Å². The van der Waals surface area contributed by atoms with Crippen molar-refractivity contribution in [3.8, 4) is 0 Å². The maximum atomic E-state index is 11.4. The number of anilines is 1. The first kappa shape index (κ1) is 16.0. The van der Waals surface area contributed by atoms with Crippen molar-refractivity contribution in [2.24, 2.45) is 5.92 Å². The lowest BCUT2D eigenvalue weighted by molar-refractivity contribution is 0.0699. The number of aromatic carboxylic acids is 1. The maximum Gasteiger partial charge on any atom is 0.337 e. The molecule has 0 aliphatic carbocycles. The van der Waals surface area contributed by atoms with E-state index in [1.54, 1.807) is 18.2 Å². The summed E-state index contributed by atoms with van der Waals surface area (Å²) in [6.45, 7) is 2.11. The third-order valence-corrected chi connectivity index (χ3v) is 4.71. The fourth-order valence-electron chi connectivity index (χ4n) is 3.22. The number of pyridine rings is 1. The highest BCUT2D eigenvalue weighted by Crippen LogP contribution is 2.30. The molecular weight excluding hydrogens is 316 g/mol. The molecule has 0 radical (unpaired) electrons. The summed E-state index contributed by atoms with van der Waals surface area (Å²) in [5, 5.41) is 19.0. The average Bonchev–Trinajstić information content (AvgIpc) is 3.00. The molecule has 2 aromatic rings. The molecule has 0 saturated carbocycles. The monoisotopic (exact) mass is 334 g/mol. The number of nitrogens with zero attached hydrogens (tertiary/aromatic N) is 2. The Labute approximate surface area is 139 Å². The van der Waals surface area contributed by atoms with Gasteiger partial charge in [0.1, 0.15) is 5.82 Å². The first-order valence-corrected chi connectivity index (χ1v) is 8.16. The summed E-state index contributed by atoms with van der Waals surface area (Å²) >= 11 is 5.99. The highest BCUT2D eigenvalue weighted by Gasteiger charge is 2.23. The molecule has 1 aromatic heterocycles. The highest BCUT2D eigenvalue weighted by molar-refractivity contribution is 6.35. The van der Waals surface area contributed by atoms with E-state index in [1.807, 2.05) is 6.07 Å². The van der Waals surface area contributed by atoms with Gasteiger partial charge in [0.25, 0.3) is 0 Å². The van der Waals surface area contributed by atoms with Crippen molar-refractivity contribution in [3.05, 3.63) is 34.9 Å². The summed E-state index contributed by atoms with van der Waals surface area (Å²) < 4.78 is 0. The second kappa shape index (κ2) is 6.72. The standard InChI is InChI=1S/C17H19ClN2O3/c18-13-4-5-14-12(16(13)17(22)23)3-6-15(19-14)20-8-7-11(10-20)2-1-9-21/h3-6,11,21H,1-2,7-10H2,(H,22,23)/t11-/m0/s1. The summed E-state index contributed by atoms with van der Waals surface area (Å²) in [6.07, 6.45) is 2.96. The van der Waals surface area contributed by atoms with Crippen molar-refractivity contribution in [2.75, 3.05) is 24.6 Å². The van der Waals surface area contributed by atoms with Gasteiger partial charge in [-0.25, -0.2) is 9.78 Å². The predicted molar refractivity (Wildman–Crippen MR) is 90.4 cm³/mol. The van der Waals surface area contributed by atoms with Crippen molar-refractivity contribution in [3.63, 3.8) is 0 Å². The predicted octanol–water partition coefficient (Wildman–Crippen LogP) is 3.19. The molecule has 1 fully saturated rings. The van der Waals surface area contributed by atoms with Crippen LogP contribution in [-0.4, -0.2) is 40.9 Å². The number of aliphatic hydroxyl groups is 1. The van der Waals surface area contributed by atoms with E-state index in [1.165, 1.54) is 0 Å². The van der Waals surface area contributed by atoms with Gasteiger partial charge in [0, 0.05) is 25.1 Å². The number of hydrogen-bond acceptors (Lipinski definition) is 4. The summed E-state index contributed by atoms with van der Waals surface area (Å²) in [5.41, 5.74) is 0.744. The Morgan fingerprint density at radius 3 is 2.91 bits per heavy atom. The second-order valence-electron chi connectivity index (χ2n) is 5.93. The van der Waals surface area contributed by atoms with Crippen LogP contribution in [0.3, 0.4) is 0 Å². The van der Waals surface area contributed by atoms with Gasteiger partial charge in [-0.15, -0.1) is 0 Å². The van der Waals surface area contributed by atoms with Crippen LogP contribution in [-0.2, 0) is 0 Å². The molecule has 0 amide bonds. The lowest BCUT2D eigenvalue weighted by atomic mass is 10.0. The van der Waals surface area contributed by atoms with E-state index in [0.717, 1.165) is 38.2 Å². The highest BCUT2D eigenvalue weighted by atomic mass is 35.5. The van der Waals surface area contributed by atoms with Gasteiger partial charge in [-0.05, 0) is 49.4 Å². The zero-order valence-corrected chi connectivity index (χ0v) is 13.5. The maximum absolute atomic E-state index is 11.4. The topological polar surface area (TPSA) is 73.7 Å². The first-order chi connectivity index (χ1) is 11.1. The van der Waals surface area contributed by atoms with Crippen molar-refractivity contribution < 1.29 is 15.0 Å². The van der Waals surface area contributed by atoms with Crippen LogP contribution in [0.25, 0.3) is 10.9 Å². The van der Waals surface area contributed by atoms with E-state index in [2.05, 4.69) is 9.88 Å². The number of carbonyl (C=O) groups is 1. The van der Waals surface area contributed by atoms with Crippen LogP contribution in [0.1, 0.15) is 29.6 Å². The molecule has 0 bridgehead atoms. The number of carboxylic acid groups (broad SMARTS) is 1. The molecule has 0 unspecified atom stereocenters. The minimum atomic E-state index is -1.04. The van der Waals surface area contributed by atoms with Crippen molar-refractivity contribution >= 4 is 34.3 Å². The molecule has 1 atom stereocenters.